The zero-order valence-electron chi connectivity index (χ0n) is 9.81. The summed E-state index contributed by atoms with van der Waals surface area (Å²) in [6.45, 7) is 9.59. The van der Waals surface area contributed by atoms with Crippen LogP contribution in [0, 0.1) is 5.41 Å². The summed E-state index contributed by atoms with van der Waals surface area (Å²) in [4.78, 5) is 0. The maximum absolute atomic E-state index is 3.76. The first-order valence-electron chi connectivity index (χ1n) is 6.07. The van der Waals surface area contributed by atoms with E-state index in [0.29, 0.717) is 11.5 Å². The van der Waals surface area contributed by atoms with Crippen LogP contribution in [0.4, 0.5) is 0 Å². The third-order valence-corrected chi connectivity index (χ3v) is 3.79. The molecule has 82 valence electrons. The SMILES string of the molecule is C=CCCC(C)NCC1(CC)CCC1. The highest BCUT2D eigenvalue weighted by atomic mass is 14.9. The summed E-state index contributed by atoms with van der Waals surface area (Å²) in [5.41, 5.74) is 0.655. The van der Waals surface area contributed by atoms with Gasteiger partial charge in [-0.25, -0.2) is 0 Å². The van der Waals surface area contributed by atoms with E-state index >= 15 is 0 Å². The fourth-order valence-corrected chi connectivity index (χ4v) is 2.19. The molecule has 0 radical (unpaired) electrons. The first-order chi connectivity index (χ1) is 6.72. The second kappa shape index (κ2) is 5.55. The van der Waals surface area contributed by atoms with Gasteiger partial charge in [-0.15, -0.1) is 6.58 Å². The molecule has 1 N–H and O–H groups in total. The van der Waals surface area contributed by atoms with E-state index in [0.717, 1.165) is 6.42 Å². The predicted octanol–water partition coefficient (Wildman–Crippen LogP) is 3.51. The molecule has 1 aliphatic rings. The molecular weight excluding hydrogens is 170 g/mol. The second-order valence-corrected chi connectivity index (χ2v) is 4.86. The highest BCUT2D eigenvalue weighted by Gasteiger charge is 2.34. The van der Waals surface area contributed by atoms with Crippen LogP contribution in [0.3, 0.4) is 0 Å². The highest BCUT2D eigenvalue weighted by molar-refractivity contribution is 4.89. The molecule has 1 aliphatic carbocycles. The number of allylic oxidation sites excluding steroid dienone is 1. The molecule has 0 heterocycles. The monoisotopic (exact) mass is 195 g/mol. The lowest BCUT2D eigenvalue weighted by Gasteiger charge is -2.42. The Morgan fingerprint density at radius 1 is 1.50 bits per heavy atom. The number of hydrogen-bond acceptors (Lipinski definition) is 1. The summed E-state index contributed by atoms with van der Waals surface area (Å²) >= 11 is 0. The summed E-state index contributed by atoms with van der Waals surface area (Å²) in [7, 11) is 0. The summed E-state index contributed by atoms with van der Waals surface area (Å²) in [5, 5.41) is 3.66. The van der Waals surface area contributed by atoms with Crippen LogP contribution in [-0.2, 0) is 0 Å². The zero-order valence-corrected chi connectivity index (χ0v) is 9.81. The summed E-state index contributed by atoms with van der Waals surface area (Å²) in [6.07, 6.45) is 10.0. The van der Waals surface area contributed by atoms with Gasteiger partial charge in [0.15, 0.2) is 0 Å². The summed E-state index contributed by atoms with van der Waals surface area (Å²) in [6, 6.07) is 0.650. The first-order valence-corrected chi connectivity index (χ1v) is 6.07. The van der Waals surface area contributed by atoms with Crippen LogP contribution >= 0.6 is 0 Å². The minimum absolute atomic E-state index is 0.650. The Kier molecular flexibility index (Phi) is 4.67. The van der Waals surface area contributed by atoms with Gasteiger partial charge in [0.25, 0.3) is 0 Å². The van der Waals surface area contributed by atoms with E-state index in [9.17, 15) is 0 Å². The third-order valence-electron chi connectivity index (χ3n) is 3.79. The molecule has 0 aromatic carbocycles. The highest BCUT2D eigenvalue weighted by Crippen LogP contribution is 2.43. The Labute approximate surface area is 89.0 Å². The molecule has 0 aromatic rings. The van der Waals surface area contributed by atoms with Crippen molar-refractivity contribution in [2.75, 3.05) is 6.54 Å². The van der Waals surface area contributed by atoms with E-state index in [4.69, 9.17) is 0 Å². The van der Waals surface area contributed by atoms with Crippen molar-refractivity contribution in [2.45, 2.75) is 58.4 Å². The van der Waals surface area contributed by atoms with Gasteiger partial charge in [0.05, 0.1) is 0 Å². The molecule has 1 nitrogen and oxygen atoms in total. The number of hydrogen-bond donors (Lipinski definition) is 1. The van der Waals surface area contributed by atoms with E-state index < -0.39 is 0 Å². The van der Waals surface area contributed by atoms with Crippen molar-refractivity contribution in [1.29, 1.82) is 0 Å². The molecule has 1 heteroatoms. The third kappa shape index (κ3) is 3.13. The lowest BCUT2D eigenvalue weighted by Crippen LogP contribution is -2.42. The summed E-state index contributed by atoms with van der Waals surface area (Å²) in [5.74, 6) is 0. The first kappa shape index (κ1) is 11.8. The molecule has 1 atom stereocenters. The molecule has 0 aliphatic heterocycles. The van der Waals surface area contributed by atoms with Crippen molar-refractivity contribution in [2.24, 2.45) is 5.41 Å². The average Bonchev–Trinajstić information content (AvgIpc) is 2.14. The van der Waals surface area contributed by atoms with Gasteiger partial charge in [0, 0.05) is 12.6 Å². The molecule has 1 saturated carbocycles. The van der Waals surface area contributed by atoms with Crippen LogP contribution in [0.25, 0.3) is 0 Å². The molecule has 14 heavy (non-hydrogen) atoms. The van der Waals surface area contributed by atoms with E-state index in [-0.39, 0.29) is 0 Å². The molecule has 0 saturated heterocycles. The fraction of sp³-hybridized carbons (Fsp3) is 0.846. The molecule has 0 aromatic heterocycles. The van der Waals surface area contributed by atoms with Crippen molar-refractivity contribution in [3.05, 3.63) is 12.7 Å². The number of rotatable bonds is 7. The molecule has 0 spiro atoms. The molecular formula is C13H25N. The van der Waals surface area contributed by atoms with E-state index in [1.165, 1.54) is 38.6 Å². The van der Waals surface area contributed by atoms with E-state index in [2.05, 4.69) is 25.7 Å². The fourth-order valence-electron chi connectivity index (χ4n) is 2.19. The van der Waals surface area contributed by atoms with Crippen molar-refractivity contribution in [3.63, 3.8) is 0 Å². The Morgan fingerprint density at radius 2 is 2.21 bits per heavy atom. The van der Waals surface area contributed by atoms with Gasteiger partial charge in [-0.05, 0) is 44.4 Å². The van der Waals surface area contributed by atoms with Crippen LogP contribution in [0.1, 0.15) is 52.4 Å². The van der Waals surface area contributed by atoms with Crippen LogP contribution in [-0.4, -0.2) is 12.6 Å². The standard InChI is InChI=1S/C13H25N/c1-4-6-8-12(3)14-11-13(5-2)9-7-10-13/h4,12,14H,1,5-11H2,2-3H3. The minimum atomic E-state index is 0.650. The molecule has 1 rings (SSSR count). The van der Waals surface area contributed by atoms with Gasteiger partial charge in [0.2, 0.25) is 0 Å². The van der Waals surface area contributed by atoms with Crippen molar-refractivity contribution < 1.29 is 0 Å². The van der Waals surface area contributed by atoms with Crippen LogP contribution in [0.2, 0.25) is 0 Å². The Balaban J connectivity index is 2.15. The summed E-state index contributed by atoms with van der Waals surface area (Å²) < 4.78 is 0. The Bertz CT molecular complexity index is 165. The topological polar surface area (TPSA) is 12.0 Å². The molecule has 0 bridgehead atoms. The average molecular weight is 195 g/mol. The number of nitrogens with one attached hydrogen (secondary N) is 1. The molecule has 1 unspecified atom stereocenters. The normalized spacial score (nSPS) is 21.3. The largest absolute Gasteiger partial charge is 0.314 e. The van der Waals surface area contributed by atoms with Crippen LogP contribution < -0.4 is 5.32 Å². The van der Waals surface area contributed by atoms with E-state index in [1.807, 2.05) is 6.08 Å². The Morgan fingerprint density at radius 3 is 2.64 bits per heavy atom. The van der Waals surface area contributed by atoms with Crippen LogP contribution in [0.5, 0.6) is 0 Å². The molecule has 0 amide bonds. The minimum Gasteiger partial charge on any atom is -0.314 e. The van der Waals surface area contributed by atoms with Crippen molar-refractivity contribution in [1.82, 2.24) is 5.32 Å². The van der Waals surface area contributed by atoms with E-state index in [1.54, 1.807) is 0 Å². The lowest BCUT2D eigenvalue weighted by molar-refractivity contribution is 0.119. The van der Waals surface area contributed by atoms with Gasteiger partial charge < -0.3 is 5.32 Å². The van der Waals surface area contributed by atoms with Gasteiger partial charge in [-0.1, -0.05) is 19.4 Å². The maximum Gasteiger partial charge on any atom is 0.00419 e. The second-order valence-electron chi connectivity index (χ2n) is 4.86. The quantitative estimate of drug-likeness (QED) is 0.613. The van der Waals surface area contributed by atoms with Gasteiger partial charge in [0.1, 0.15) is 0 Å². The maximum atomic E-state index is 3.76. The smallest absolute Gasteiger partial charge is 0.00419 e. The molecule has 1 fully saturated rings. The predicted molar refractivity (Wildman–Crippen MR) is 63.5 cm³/mol. The van der Waals surface area contributed by atoms with Crippen LogP contribution in [0.15, 0.2) is 12.7 Å². The Hall–Kier alpha value is -0.300. The van der Waals surface area contributed by atoms with Gasteiger partial charge in [-0.3, -0.25) is 0 Å². The van der Waals surface area contributed by atoms with Gasteiger partial charge >= 0.3 is 0 Å². The van der Waals surface area contributed by atoms with Gasteiger partial charge in [-0.2, -0.15) is 0 Å². The van der Waals surface area contributed by atoms with Crippen molar-refractivity contribution in [3.8, 4) is 0 Å². The zero-order chi connectivity index (χ0) is 10.4. The lowest BCUT2D eigenvalue weighted by atomic mass is 9.67. The van der Waals surface area contributed by atoms with Crippen molar-refractivity contribution >= 4 is 0 Å².